The third-order valence-corrected chi connectivity index (χ3v) is 8.39. The number of aliphatic hydroxyl groups is 1. The first-order valence-corrected chi connectivity index (χ1v) is 15.9. The van der Waals surface area contributed by atoms with Crippen LogP contribution in [0.3, 0.4) is 0 Å². The van der Waals surface area contributed by atoms with E-state index in [0.717, 1.165) is 16.7 Å². The molecule has 13 heteroatoms. The normalized spacial score (nSPS) is 16.8. The summed E-state index contributed by atoms with van der Waals surface area (Å²) in [5, 5.41) is 13.6. The van der Waals surface area contributed by atoms with E-state index >= 15 is 0 Å². The number of azide groups is 1. The van der Waals surface area contributed by atoms with Gasteiger partial charge < -0.3 is 19.3 Å². The molecular formula is C35H34Cl2N6O5. The zero-order valence-corrected chi connectivity index (χ0v) is 27.6. The average Bonchev–Trinajstić information content (AvgIpc) is 3.48. The number of halogens is 2. The fourth-order valence-electron chi connectivity index (χ4n) is 5.43. The van der Waals surface area contributed by atoms with Crippen molar-refractivity contribution in [3.63, 3.8) is 0 Å². The molecule has 11 nitrogen and oxygen atoms in total. The molecule has 0 spiro atoms. The van der Waals surface area contributed by atoms with Gasteiger partial charge >= 0.3 is 0 Å². The Labute approximate surface area is 288 Å². The molecule has 1 aliphatic rings. The Balaban J connectivity index is 1.58. The van der Waals surface area contributed by atoms with Gasteiger partial charge in [0.05, 0.1) is 20.3 Å². The number of nitrogens with one attached hydrogen (secondary N) is 2. The molecule has 0 aromatic heterocycles. The lowest BCUT2D eigenvalue weighted by Crippen LogP contribution is -2.53. The number of benzene rings is 4. The summed E-state index contributed by atoms with van der Waals surface area (Å²) in [7, 11) is 1.58. The Morgan fingerprint density at radius 3 is 2.48 bits per heavy atom. The van der Waals surface area contributed by atoms with Crippen molar-refractivity contribution in [2.75, 3.05) is 20.3 Å². The van der Waals surface area contributed by atoms with E-state index in [9.17, 15) is 4.79 Å². The van der Waals surface area contributed by atoms with Crippen LogP contribution in [-0.2, 0) is 29.0 Å². The van der Waals surface area contributed by atoms with E-state index in [4.69, 9.17) is 53.0 Å². The predicted octanol–water partition coefficient (Wildman–Crippen LogP) is 6.89. The smallest absolute Gasteiger partial charge is 0.266 e. The van der Waals surface area contributed by atoms with Gasteiger partial charge in [-0.3, -0.25) is 10.2 Å². The summed E-state index contributed by atoms with van der Waals surface area (Å²) in [6.07, 6.45) is -0.412. The maximum atomic E-state index is 14.6. The number of carbonyl (C=O) groups is 1. The molecule has 0 unspecified atom stereocenters. The van der Waals surface area contributed by atoms with Gasteiger partial charge in [-0.2, -0.15) is 0 Å². The van der Waals surface area contributed by atoms with E-state index < -0.39 is 17.6 Å². The van der Waals surface area contributed by atoms with Crippen molar-refractivity contribution in [2.45, 2.75) is 37.6 Å². The minimum atomic E-state index is -1.59. The maximum Gasteiger partial charge on any atom is 0.266 e. The second-order valence-electron chi connectivity index (χ2n) is 10.9. The second-order valence-corrected chi connectivity index (χ2v) is 11.8. The van der Waals surface area contributed by atoms with Crippen LogP contribution in [0.2, 0.25) is 10.0 Å². The van der Waals surface area contributed by atoms with Gasteiger partial charge in [0.15, 0.2) is 11.6 Å². The van der Waals surface area contributed by atoms with Crippen molar-refractivity contribution in [3.8, 4) is 11.5 Å². The largest absolute Gasteiger partial charge is 0.496 e. The van der Waals surface area contributed by atoms with Crippen LogP contribution < -0.4 is 20.3 Å². The molecule has 0 aliphatic carbocycles. The quantitative estimate of drug-likeness (QED) is 0.0407. The first-order chi connectivity index (χ1) is 23.4. The van der Waals surface area contributed by atoms with Gasteiger partial charge in [0.1, 0.15) is 11.5 Å². The van der Waals surface area contributed by atoms with Crippen LogP contribution in [0.15, 0.2) is 101 Å². The van der Waals surface area contributed by atoms with Gasteiger partial charge in [0, 0.05) is 57.6 Å². The highest BCUT2D eigenvalue weighted by Crippen LogP contribution is 2.45. The number of para-hydroxylation sites is 1. The standard InChI is InChI=1S/C35H34Cl2N6O5/c1-46-31-10-5-4-9-26(31)22-39-42-34(45)35(20-24-7-2-3-8-25(24)21-40-43-38)32(29-16-13-27(36)19-30(29)37)48-33(41-35)23-11-14-28(15-12-23)47-18-6-17-44/h2-5,7-16,19,32,39,44H,6,17-18,20-22H2,1H3,(H,42,45)/t32-,35-/m0/s1. The molecule has 248 valence electrons. The van der Waals surface area contributed by atoms with Crippen LogP contribution in [0.4, 0.5) is 0 Å². The Morgan fingerprint density at radius 2 is 1.77 bits per heavy atom. The zero-order valence-electron chi connectivity index (χ0n) is 26.1. The lowest BCUT2D eigenvalue weighted by atomic mass is 9.81. The highest BCUT2D eigenvalue weighted by molar-refractivity contribution is 6.35. The molecule has 3 N–H and O–H groups in total. The number of nitrogens with zero attached hydrogens (tertiary/aromatic N) is 4. The minimum absolute atomic E-state index is 0.0290. The Bertz CT molecular complexity index is 1820. The van der Waals surface area contributed by atoms with E-state index in [1.165, 1.54) is 0 Å². The number of aliphatic imine (C=N–C) groups is 1. The lowest BCUT2D eigenvalue weighted by Gasteiger charge is -2.32. The second kappa shape index (κ2) is 16.4. The summed E-state index contributed by atoms with van der Waals surface area (Å²) in [5.41, 5.74) is 16.8. The molecule has 0 saturated carbocycles. The molecule has 48 heavy (non-hydrogen) atoms. The summed E-state index contributed by atoms with van der Waals surface area (Å²) >= 11 is 13.0. The van der Waals surface area contributed by atoms with Crippen molar-refractivity contribution in [3.05, 3.63) is 139 Å². The lowest BCUT2D eigenvalue weighted by molar-refractivity contribution is -0.130. The van der Waals surface area contributed by atoms with Crippen molar-refractivity contribution in [2.24, 2.45) is 10.1 Å². The number of hydrogen-bond donors (Lipinski definition) is 3. The number of rotatable bonds is 15. The van der Waals surface area contributed by atoms with E-state index in [2.05, 4.69) is 20.9 Å². The zero-order chi connectivity index (χ0) is 33.9. The van der Waals surface area contributed by atoms with Crippen molar-refractivity contribution in [1.29, 1.82) is 0 Å². The monoisotopic (exact) mass is 688 g/mol. The molecule has 0 saturated heterocycles. The van der Waals surface area contributed by atoms with E-state index in [-0.39, 0.29) is 32.0 Å². The Kier molecular flexibility index (Phi) is 11.8. The van der Waals surface area contributed by atoms with Crippen LogP contribution >= 0.6 is 23.2 Å². The Morgan fingerprint density at radius 1 is 1.04 bits per heavy atom. The molecule has 0 radical (unpaired) electrons. The number of ether oxygens (including phenoxy) is 3. The first-order valence-electron chi connectivity index (χ1n) is 15.2. The summed E-state index contributed by atoms with van der Waals surface area (Å²) in [4.78, 5) is 22.6. The van der Waals surface area contributed by atoms with Crippen LogP contribution in [0.25, 0.3) is 10.4 Å². The van der Waals surface area contributed by atoms with Crippen LogP contribution in [0.1, 0.15) is 40.3 Å². The van der Waals surface area contributed by atoms with Gasteiger partial charge in [-0.15, -0.1) is 0 Å². The van der Waals surface area contributed by atoms with Gasteiger partial charge in [0.25, 0.3) is 5.91 Å². The average molecular weight is 690 g/mol. The molecule has 4 aromatic rings. The van der Waals surface area contributed by atoms with Crippen molar-refractivity contribution >= 4 is 35.0 Å². The number of amides is 1. The highest BCUT2D eigenvalue weighted by atomic mass is 35.5. The molecular weight excluding hydrogens is 655 g/mol. The first kappa shape index (κ1) is 34.6. The number of methoxy groups -OCH3 is 1. The number of carbonyl (C=O) groups excluding carboxylic acids is 1. The Hall–Kier alpha value is -4.77. The van der Waals surface area contributed by atoms with Crippen molar-refractivity contribution in [1.82, 2.24) is 10.9 Å². The molecule has 1 amide bonds. The number of aliphatic hydroxyl groups excluding tert-OH is 1. The molecule has 2 atom stereocenters. The predicted molar refractivity (Wildman–Crippen MR) is 184 cm³/mol. The van der Waals surface area contributed by atoms with Crippen LogP contribution in [-0.4, -0.2) is 42.8 Å². The topological polar surface area (TPSA) is 150 Å². The van der Waals surface area contributed by atoms with Crippen molar-refractivity contribution < 1.29 is 24.1 Å². The third-order valence-electron chi connectivity index (χ3n) is 7.83. The fraction of sp³-hybridized carbons (Fsp3) is 0.257. The summed E-state index contributed by atoms with van der Waals surface area (Å²) < 4.78 is 17.7. The number of hydrazine groups is 1. The van der Waals surface area contributed by atoms with Gasteiger partial charge in [-0.1, -0.05) is 76.8 Å². The third kappa shape index (κ3) is 8.02. The van der Waals surface area contributed by atoms with Crippen LogP contribution in [0, 0.1) is 0 Å². The maximum absolute atomic E-state index is 14.6. The van der Waals surface area contributed by atoms with Gasteiger partial charge in [-0.05, 0) is 59.1 Å². The SMILES string of the molecule is COc1ccccc1CNNC(=O)[C@@]1(Cc2ccccc2CN=[N+]=[N-])N=C(c2ccc(OCCCO)cc2)O[C@H]1c1ccc(Cl)cc1Cl. The minimum Gasteiger partial charge on any atom is -0.496 e. The number of hydrogen-bond acceptors (Lipinski definition) is 8. The molecule has 0 bridgehead atoms. The highest BCUT2D eigenvalue weighted by Gasteiger charge is 2.54. The molecule has 1 aliphatic heterocycles. The summed E-state index contributed by atoms with van der Waals surface area (Å²) in [5.74, 6) is 1.02. The molecule has 5 rings (SSSR count). The van der Waals surface area contributed by atoms with Crippen LogP contribution in [0.5, 0.6) is 11.5 Å². The fourth-order valence-corrected chi connectivity index (χ4v) is 5.94. The van der Waals surface area contributed by atoms with E-state index in [1.807, 2.05) is 48.5 Å². The van der Waals surface area contributed by atoms with E-state index in [0.29, 0.717) is 45.7 Å². The summed E-state index contributed by atoms with van der Waals surface area (Å²) in [6, 6.07) is 27.0. The molecule has 0 fully saturated rings. The van der Waals surface area contributed by atoms with E-state index in [1.54, 1.807) is 49.6 Å². The molecule has 1 heterocycles. The van der Waals surface area contributed by atoms with Gasteiger partial charge in [-0.25, -0.2) is 10.4 Å². The molecule has 4 aromatic carbocycles. The van der Waals surface area contributed by atoms with Gasteiger partial charge in [0.2, 0.25) is 5.90 Å². The summed E-state index contributed by atoms with van der Waals surface area (Å²) in [6.45, 7) is 0.741.